The number of benzene rings is 2. The fraction of sp³-hybridized carbons (Fsp3) is 0.211. The van der Waals surface area contributed by atoms with Crippen molar-refractivity contribution in [2.75, 3.05) is 11.9 Å². The summed E-state index contributed by atoms with van der Waals surface area (Å²) in [5.74, 6) is -1.40. The third-order valence-electron chi connectivity index (χ3n) is 4.61. The van der Waals surface area contributed by atoms with Crippen LogP contribution >= 0.6 is 11.6 Å². The molecule has 1 aliphatic heterocycles. The summed E-state index contributed by atoms with van der Waals surface area (Å²) in [4.78, 5) is 49.0. The van der Waals surface area contributed by atoms with Crippen LogP contribution in [0, 0.1) is 17.0 Å². The molecule has 29 heavy (non-hydrogen) atoms. The van der Waals surface area contributed by atoms with Crippen molar-refractivity contribution in [3.63, 3.8) is 0 Å². The molecule has 1 heterocycles. The first-order valence-electron chi connectivity index (χ1n) is 8.57. The van der Waals surface area contributed by atoms with E-state index in [0.29, 0.717) is 16.1 Å². The molecule has 0 spiro atoms. The summed E-state index contributed by atoms with van der Waals surface area (Å²) in [6, 6.07) is 10.1. The number of imide groups is 1. The predicted molar refractivity (Wildman–Crippen MR) is 106 cm³/mol. The zero-order valence-electron chi connectivity index (χ0n) is 15.6. The normalized spacial score (nSPS) is 18.5. The Labute approximate surface area is 170 Å². The number of anilines is 1. The molecule has 1 aliphatic rings. The van der Waals surface area contributed by atoms with Crippen LogP contribution in [-0.4, -0.2) is 34.2 Å². The van der Waals surface area contributed by atoms with Gasteiger partial charge in [0.15, 0.2) is 0 Å². The second-order valence-corrected chi connectivity index (χ2v) is 7.16. The number of hydrogen-bond acceptors (Lipinski definition) is 5. The van der Waals surface area contributed by atoms with Gasteiger partial charge < -0.3 is 10.6 Å². The van der Waals surface area contributed by atoms with E-state index >= 15 is 0 Å². The van der Waals surface area contributed by atoms with Crippen molar-refractivity contribution >= 4 is 40.8 Å². The predicted octanol–water partition coefficient (Wildman–Crippen LogP) is 2.96. The average Bonchev–Trinajstić information content (AvgIpc) is 2.87. The zero-order valence-corrected chi connectivity index (χ0v) is 16.3. The van der Waals surface area contributed by atoms with Gasteiger partial charge in [-0.15, -0.1) is 0 Å². The molecule has 3 rings (SSSR count). The highest BCUT2D eigenvalue weighted by Gasteiger charge is 2.50. The highest BCUT2D eigenvalue weighted by Crippen LogP contribution is 2.33. The minimum atomic E-state index is -1.43. The number of amides is 4. The Hall–Kier alpha value is -3.46. The third-order valence-corrected chi connectivity index (χ3v) is 4.94. The maximum absolute atomic E-state index is 12.9. The Morgan fingerprint density at radius 3 is 2.62 bits per heavy atom. The number of aryl methyl sites for hydroxylation is 1. The second kappa shape index (κ2) is 7.51. The Bertz CT molecular complexity index is 1040. The lowest BCUT2D eigenvalue weighted by atomic mass is 9.92. The van der Waals surface area contributed by atoms with Crippen LogP contribution in [0.5, 0.6) is 0 Å². The third kappa shape index (κ3) is 3.77. The largest absolute Gasteiger partial charge is 0.325 e. The SMILES string of the molecule is Cc1ccc(NC(=O)CN2C(=O)N[C@@](C)(c3ccccc3Cl)C2=O)c([N+](=O)[O-])c1. The number of rotatable bonds is 5. The number of halogens is 1. The van der Waals surface area contributed by atoms with Gasteiger partial charge in [0.05, 0.1) is 4.92 Å². The number of carbonyl (C=O) groups is 3. The number of nitrogens with zero attached hydrogens (tertiary/aromatic N) is 2. The molecule has 4 amide bonds. The van der Waals surface area contributed by atoms with Crippen LogP contribution in [0.4, 0.5) is 16.2 Å². The van der Waals surface area contributed by atoms with Gasteiger partial charge in [0, 0.05) is 16.7 Å². The van der Waals surface area contributed by atoms with Crippen LogP contribution < -0.4 is 10.6 Å². The average molecular weight is 417 g/mol. The minimum absolute atomic E-state index is 0.0217. The number of carbonyl (C=O) groups excluding carboxylic acids is 3. The van der Waals surface area contributed by atoms with Gasteiger partial charge in [-0.25, -0.2) is 4.79 Å². The first-order valence-corrected chi connectivity index (χ1v) is 8.95. The number of urea groups is 1. The molecule has 150 valence electrons. The quantitative estimate of drug-likeness (QED) is 0.441. The zero-order chi connectivity index (χ0) is 21.3. The Morgan fingerprint density at radius 1 is 1.28 bits per heavy atom. The van der Waals surface area contributed by atoms with Gasteiger partial charge in [-0.3, -0.25) is 24.6 Å². The molecule has 1 fully saturated rings. The van der Waals surface area contributed by atoms with Crippen molar-refractivity contribution in [3.05, 3.63) is 68.7 Å². The summed E-state index contributed by atoms with van der Waals surface area (Å²) in [5, 5.41) is 16.4. The maximum Gasteiger partial charge on any atom is 0.325 e. The number of nitrogens with one attached hydrogen (secondary N) is 2. The molecule has 10 heteroatoms. The molecule has 1 saturated heterocycles. The molecular weight excluding hydrogens is 400 g/mol. The molecule has 0 radical (unpaired) electrons. The molecule has 0 unspecified atom stereocenters. The van der Waals surface area contributed by atoms with Crippen molar-refractivity contribution in [1.82, 2.24) is 10.2 Å². The summed E-state index contributed by atoms with van der Waals surface area (Å²) in [7, 11) is 0. The Balaban J connectivity index is 1.80. The molecule has 1 atom stereocenters. The van der Waals surface area contributed by atoms with E-state index in [1.807, 2.05) is 0 Å². The molecule has 0 bridgehead atoms. The van der Waals surface area contributed by atoms with Crippen LogP contribution in [-0.2, 0) is 15.1 Å². The van der Waals surface area contributed by atoms with Gasteiger partial charge in [-0.1, -0.05) is 35.9 Å². The van der Waals surface area contributed by atoms with Crippen LogP contribution in [0.3, 0.4) is 0 Å². The van der Waals surface area contributed by atoms with Crippen molar-refractivity contribution in [1.29, 1.82) is 0 Å². The van der Waals surface area contributed by atoms with Gasteiger partial charge in [0.1, 0.15) is 17.8 Å². The van der Waals surface area contributed by atoms with E-state index in [0.717, 1.165) is 4.90 Å². The summed E-state index contributed by atoms with van der Waals surface area (Å²) >= 11 is 6.16. The molecular formula is C19H17ClN4O5. The first-order chi connectivity index (χ1) is 13.6. The van der Waals surface area contributed by atoms with Gasteiger partial charge in [0.2, 0.25) is 5.91 Å². The molecule has 2 aromatic carbocycles. The molecule has 0 saturated carbocycles. The van der Waals surface area contributed by atoms with Crippen LogP contribution in [0.1, 0.15) is 18.1 Å². The number of nitro groups is 1. The lowest BCUT2D eigenvalue weighted by Gasteiger charge is -2.23. The van der Waals surface area contributed by atoms with E-state index < -0.39 is 34.9 Å². The molecule has 0 aliphatic carbocycles. The lowest BCUT2D eigenvalue weighted by molar-refractivity contribution is -0.384. The van der Waals surface area contributed by atoms with Crippen molar-refractivity contribution in [2.45, 2.75) is 19.4 Å². The smallest absolute Gasteiger partial charge is 0.319 e. The summed E-state index contributed by atoms with van der Waals surface area (Å²) in [5.41, 5.74) is -0.676. The topological polar surface area (TPSA) is 122 Å². The fourth-order valence-electron chi connectivity index (χ4n) is 3.12. The highest BCUT2D eigenvalue weighted by atomic mass is 35.5. The highest BCUT2D eigenvalue weighted by molar-refractivity contribution is 6.32. The Morgan fingerprint density at radius 2 is 1.97 bits per heavy atom. The minimum Gasteiger partial charge on any atom is -0.319 e. The Kier molecular flexibility index (Phi) is 5.25. The van der Waals surface area contributed by atoms with Crippen LogP contribution in [0.25, 0.3) is 0 Å². The summed E-state index contributed by atoms with van der Waals surface area (Å²) in [6.45, 7) is 2.58. The number of nitro benzene ring substituents is 1. The van der Waals surface area contributed by atoms with Gasteiger partial charge in [-0.2, -0.15) is 0 Å². The first kappa shape index (κ1) is 20.3. The second-order valence-electron chi connectivity index (χ2n) is 6.75. The summed E-state index contributed by atoms with van der Waals surface area (Å²) in [6.07, 6.45) is 0. The van der Waals surface area contributed by atoms with Gasteiger partial charge in [0.25, 0.3) is 11.6 Å². The molecule has 9 nitrogen and oxygen atoms in total. The lowest BCUT2D eigenvalue weighted by Crippen LogP contribution is -2.42. The van der Waals surface area contributed by atoms with E-state index in [2.05, 4.69) is 10.6 Å². The molecule has 2 aromatic rings. The maximum atomic E-state index is 12.9. The van der Waals surface area contributed by atoms with Crippen molar-refractivity contribution in [3.8, 4) is 0 Å². The van der Waals surface area contributed by atoms with Gasteiger partial charge in [-0.05, 0) is 31.5 Å². The van der Waals surface area contributed by atoms with E-state index in [1.165, 1.54) is 19.1 Å². The van der Waals surface area contributed by atoms with Gasteiger partial charge >= 0.3 is 6.03 Å². The van der Waals surface area contributed by atoms with E-state index in [1.54, 1.807) is 37.3 Å². The molecule has 0 aromatic heterocycles. The standard InChI is InChI=1S/C19H17ClN4O5/c1-11-7-8-14(15(9-11)24(28)29)21-16(25)10-23-17(26)19(2,22-18(23)27)12-5-3-4-6-13(12)20/h3-9H,10H2,1-2H3,(H,21,25)(H,22,27)/t19-/m0/s1. The van der Waals surface area contributed by atoms with Crippen LogP contribution in [0.15, 0.2) is 42.5 Å². The van der Waals surface area contributed by atoms with E-state index in [-0.39, 0.29) is 11.4 Å². The molecule has 2 N–H and O–H groups in total. The van der Waals surface area contributed by atoms with Crippen LogP contribution in [0.2, 0.25) is 5.02 Å². The van der Waals surface area contributed by atoms with Crippen molar-refractivity contribution < 1.29 is 19.3 Å². The van der Waals surface area contributed by atoms with Crippen molar-refractivity contribution in [2.24, 2.45) is 0 Å². The fourth-order valence-corrected chi connectivity index (χ4v) is 3.45. The summed E-state index contributed by atoms with van der Waals surface area (Å²) < 4.78 is 0. The monoisotopic (exact) mass is 416 g/mol. The van der Waals surface area contributed by atoms with E-state index in [4.69, 9.17) is 11.6 Å². The number of hydrogen-bond donors (Lipinski definition) is 2. The van der Waals surface area contributed by atoms with E-state index in [9.17, 15) is 24.5 Å².